The zero-order chi connectivity index (χ0) is 13.4. The number of rotatable bonds is 2. The zero-order valence-electron chi connectivity index (χ0n) is 12.3. The highest BCUT2D eigenvalue weighted by molar-refractivity contribution is 5.53. The Kier molecular flexibility index (Phi) is 3.50. The molecule has 0 amide bonds. The minimum Gasteiger partial charge on any atom is -0.371 e. The largest absolute Gasteiger partial charge is 0.371 e. The van der Waals surface area contributed by atoms with Crippen LogP contribution in [0, 0.1) is 18.8 Å². The molecule has 3 heteroatoms. The van der Waals surface area contributed by atoms with Gasteiger partial charge in [-0.3, -0.25) is 0 Å². The van der Waals surface area contributed by atoms with Gasteiger partial charge in [0, 0.05) is 49.7 Å². The lowest BCUT2D eigenvalue weighted by Crippen LogP contribution is -2.63. The van der Waals surface area contributed by atoms with E-state index < -0.39 is 0 Å². The quantitative estimate of drug-likeness (QED) is 0.870. The lowest BCUT2D eigenvalue weighted by Gasteiger charge is -2.51. The van der Waals surface area contributed by atoms with Crippen LogP contribution >= 0.6 is 0 Å². The van der Waals surface area contributed by atoms with Gasteiger partial charge >= 0.3 is 0 Å². The number of anilines is 1. The van der Waals surface area contributed by atoms with E-state index in [2.05, 4.69) is 60.4 Å². The van der Waals surface area contributed by atoms with Crippen molar-refractivity contribution in [2.45, 2.75) is 13.0 Å². The van der Waals surface area contributed by atoms with E-state index in [0.717, 1.165) is 31.0 Å². The topological polar surface area (TPSA) is 18.5 Å². The van der Waals surface area contributed by atoms with Gasteiger partial charge in [-0.25, -0.2) is 0 Å². The summed E-state index contributed by atoms with van der Waals surface area (Å²) in [5.41, 5.74) is 2.83. The summed E-state index contributed by atoms with van der Waals surface area (Å²) in [5.74, 6) is 1.48. The lowest BCUT2D eigenvalue weighted by atomic mass is 9.79. The van der Waals surface area contributed by atoms with Gasteiger partial charge in [0.15, 0.2) is 0 Å². The maximum absolute atomic E-state index is 3.60. The van der Waals surface area contributed by atoms with Gasteiger partial charge in [0.25, 0.3) is 0 Å². The lowest BCUT2D eigenvalue weighted by molar-refractivity contribution is 0.0895. The van der Waals surface area contributed by atoms with E-state index in [-0.39, 0.29) is 0 Å². The second kappa shape index (κ2) is 5.14. The van der Waals surface area contributed by atoms with Gasteiger partial charge in [0.05, 0.1) is 0 Å². The predicted octanol–water partition coefficient (Wildman–Crippen LogP) is 1.58. The maximum Gasteiger partial charge on any atom is 0.0396 e. The first-order valence-corrected chi connectivity index (χ1v) is 7.34. The second-order valence-corrected chi connectivity index (χ2v) is 6.32. The molecular weight excluding hydrogens is 234 g/mol. The number of piperidine rings is 2. The first kappa shape index (κ1) is 12.9. The second-order valence-electron chi connectivity index (χ2n) is 6.32. The van der Waals surface area contributed by atoms with Gasteiger partial charge in [-0.05, 0) is 32.6 Å². The molecule has 2 saturated heterocycles. The van der Waals surface area contributed by atoms with Crippen LogP contribution in [0.2, 0.25) is 0 Å². The van der Waals surface area contributed by atoms with Crippen molar-refractivity contribution in [3.8, 4) is 0 Å². The van der Waals surface area contributed by atoms with Gasteiger partial charge in [-0.15, -0.1) is 0 Å². The number of fused-ring (bicyclic) bond motifs is 2. The third kappa shape index (κ3) is 2.37. The minimum absolute atomic E-state index is 0.738. The van der Waals surface area contributed by atoms with Crippen LogP contribution in [0.1, 0.15) is 5.56 Å². The highest BCUT2D eigenvalue weighted by Crippen LogP contribution is 2.32. The molecule has 2 heterocycles. The molecule has 2 aliphatic heterocycles. The van der Waals surface area contributed by atoms with Crippen LogP contribution in [-0.4, -0.2) is 51.2 Å². The standard InChI is InChI=1S/C16H25N3/c1-12-6-4-5-7-15(12)19-10-13-8-17-9-14(11-19)16(13)18(2)3/h4-7,13-14,16-17H,8-11H2,1-3H3. The Balaban J connectivity index is 1.84. The number of hydrogen-bond acceptors (Lipinski definition) is 3. The first-order chi connectivity index (χ1) is 9.16. The SMILES string of the molecule is Cc1ccccc1N1CC2CNCC(C1)C2N(C)C. The minimum atomic E-state index is 0.738. The van der Waals surface area contributed by atoms with Gasteiger partial charge in [0.1, 0.15) is 0 Å². The van der Waals surface area contributed by atoms with E-state index in [0.29, 0.717) is 0 Å². The number of aryl methyl sites for hydroxylation is 1. The van der Waals surface area contributed by atoms with Crippen molar-refractivity contribution in [3.63, 3.8) is 0 Å². The molecule has 2 unspecified atom stereocenters. The molecule has 0 saturated carbocycles. The van der Waals surface area contributed by atoms with Gasteiger partial charge < -0.3 is 15.1 Å². The van der Waals surface area contributed by atoms with Crippen LogP contribution < -0.4 is 10.2 Å². The van der Waals surface area contributed by atoms with E-state index in [1.54, 1.807) is 0 Å². The third-order valence-corrected chi connectivity index (χ3v) is 4.74. The average molecular weight is 259 g/mol. The summed E-state index contributed by atoms with van der Waals surface area (Å²) in [6, 6.07) is 9.53. The Morgan fingerprint density at radius 3 is 2.32 bits per heavy atom. The molecule has 0 spiro atoms. The summed E-state index contributed by atoms with van der Waals surface area (Å²) in [4.78, 5) is 5.04. The molecule has 0 radical (unpaired) electrons. The van der Waals surface area contributed by atoms with Gasteiger partial charge in [0.2, 0.25) is 0 Å². The third-order valence-electron chi connectivity index (χ3n) is 4.74. The van der Waals surface area contributed by atoms with Crippen molar-refractivity contribution < 1.29 is 0 Å². The fourth-order valence-corrected chi connectivity index (χ4v) is 4.02. The summed E-state index contributed by atoms with van der Waals surface area (Å²) >= 11 is 0. The van der Waals surface area contributed by atoms with E-state index in [1.165, 1.54) is 24.3 Å². The summed E-state index contributed by atoms with van der Waals surface area (Å²) in [6.07, 6.45) is 0. The molecule has 1 aromatic carbocycles. The zero-order valence-corrected chi connectivity index (χ0v) is 12.3. The van der Waals surface area contributed by atoms with Crippen molar-refractivity contribution in [2.24, 2.45) is 11.8 Å². The average Bonchev–Trinajstić information content (AvgIpc) is 2.37. The number of nitrogens with zero attached hydrogens (tertiary/aromatic N) is 2. The van der Waals surface area contributed by atoms with Crippen LogP contribution in [0.15, 0.2) is 24.3 Å². The van der Waals surface area contributed by atoms with Crippen LogP contribution in [0.4, 0.5) is 5.69 Å². The van der Waals surface area contributed by atoms with E-state index in [4.69, 9.17) is 0 Å². The van der Waals surface area contributed by atoms with Crippen LogP contribution in [0.25, 0.3) is 0 Å². The van der Waals surface area contributed by atoms with E-state index >= 15 is 0 Å². The Morgan fingerprint density at radius 2 is 1.74 bits per heavy atom. The maximum atomic E-state index is 3.60. The molecule has 19 heavy (non-hydrogen) atoms. The molecular formula is C16H25N3. The Morgan fingerprint density at radius 1 is 1.11 bits per heavy atom. The molecule has 2 fully saturated rings. The Bertz CT molecular complexity index is 429. The molecule has 1 aromatic rings. The molecule has 2 aliphatic rings. The summed E-state index contributed by atoms with van der Waals surface area (Å²) in [7, 11) is 4.47. The molecule has 104 valence electrons. The fraction of sp³-hybridized carbons (Fsp3) is 0.625. The molecule has 2 bridgehead atoms. The van der Waals surface area contributed by atoms with Gasteiger partial charge in [-0.1, -0.05) is 18.2 Å². The monoisotopic (exact) mass is 259 g/mol. The van der Waals surface area contributed by atoms with E-state index in [1.807, 2.05) is 0 Å². The number of hydrogen-bond donors (Lipinski definition) is 1. The normalized spacial score (nSPS) is 30.7. The molecule has 3 nitrogen and oxygen atoms in total. The van der Waals surface area contributed by atoms with Crippen molar-refractivity contribution in [2.75, 3.05) is 45.2 Å². The number of benzene rings is 1. The molecule has 0 aliphatic carbocycles. The number of para-hydroxylation sites is 1. The number of nitrogens with one attached hydrogen (secondary N) is 1. The smallest absolute Gasteiger partial charge is 0.0396 e. The van der Waals surface area contributed by atoms with E-state index in [9.17, 15) is 0 Å². The Labute approximate surface area is 116 Å². The van der Waals surface area contributed by atoms with Gasteiger partial charge in [-0.2, -0.15) is 0 Å². The predicted molar refractivity (Wildman–Crippen MR) is 80.7 cm³/mol. The van der Waals surface area contributed by atoms with Crippen LogP contribution in [0.5, 0.6) is 0 Å². The van der Waals surface area contributed by atoms with Crippen molar-refractivity contribution in [1.82, 2.24) is 10.2 Å². The highest BCUT2D eigenvalue weighted by Gasteiger charge is 2.40. The summed E-state index contributed by atoms with van der Waals surface area (Å²) in [6.45, 7) is 6.89. The van der Waals surface area contributed by atoms with Crippen molar-refractivity contribution in [3.05, 3.63) is 29.8 Å². The summed E-state index contributed by atoms with van der Waals surface area (Å²) in [5, 5.41) is 3.60. The highest BCUT2D eigenvalue weighted by atomic mass is 15.2. The molecule has 3 rings (SSSR count). The Hall–Kier alpha value is -1.06. The van der Waals surface area contributed by atoms with Crippen LogP contribution in [0.3, 0.4) is 0 Å². The van der Waals surface area contributed by atoms with Crippen LogP contribution in [-0.2, 0) is 0 Å². The first-order valence-electron chi connectivity index (χ1n) is 7.34. The molecule has 1 N–H and O–H groups in total. The van der Waals surface area contributed by atoms with Crippen molar-refractivity contribution in [1.29, 1.82) is 0 Å². The molecule has 0 aromatic heterocycles. The molecule has 2 atom stereocenters. The summed E-state index contributed by atoms with van der Waals surface area (Å²) < 4.78 is 0. The van der Waals surface area contributed by atoms with Crippen molar-refractivity contribution >= 4 is 5.69 Å². The fourth-order valence-electron chi connectivity index (χ4n) is 4.02.